The fraction of sp³-hybridized carbons (Fsp3) is 0.263. The second-order valence-corrected chi connectivity index (χ2v) is 5.74. The minimum atomic E-state index is -0.0158. The van der Waals surface area contributed by atoms with E-state index >= 15 is 0 Å². The van der Waals surface area contributed by atoms with Gasteiger partial charge in [0.25, 0.3) is 0 Å². The normalized spacial score (nSPS) is 12.3. The van der Waals surface area contributed by atoms with Crippen molar-refractivity contribution in [2.24, 2.45) is 0 Å². The van der Waals surface area contributed by atoms with Gasteiger partial charge >= 0.3 is 0 Å². The molecule has 3 rings (SSSR count). The summed E-state index contributed by atoms with van der Waals surface area (Å²) in [6.07, 6.45) is 0.826. The molecule has 1 aromatic heterocycles. The van der Waals surface area contributed by atoms with Crippen molar-refractivity contribution >= 4 is 16.6 Å². The number of aliphatic hydroxyl groups is 1. The molecule has 1 atom stereocenters. The number of aliphatic hydroxyl groups excluding tert-OH is 1. The molecule has 0 spiro atoms. The van der Waals surface area contributed by atoms with Crippen LogP contribution in [-0.2, 0) is 0 Å². The van der Waals surface area contributed by atoms with Gasteiger partial charge in [0, 0.05) is 16.3 Å². The summed E-state index contributed by atoms with van der Waals surface area (Å²) in [5, 5.41) is 23.6. The minimum Gasteiger partial charge on any atom is -0.394 e. The monoisotopic (exact) mass is 307 g/mol. The summed E-state index contributed by atoms with van der Waals surface area (Å²) in [5.41, 5.74) is 3.15. The first kappa shape index (κ1) is 15.4. The molecule has 0 aliphatic rings. The van der Waals surface area contributed by atoms with Crippen LogP contribution in [0.5, 0.6) is 0 Å². The molecule has 4 nitrogen and oxygen atoms in total. The first-order valence-electron chi connectivity index (χ1n) is 7.92. The van der Waals surface area contributed by atoms with Crippen LogP contribution in [0.1, 0.15) is 18.9 Å². The number of hydrogen-bond donors (Lipinski definition) is 2. The Morgan fingerprint density at radius 1 is 1.00 bits per heavy atom. The number of aromatic nitrogens is 2. The van der Waals surface area contributed by atoms with Crippen molar-refractivity contribution in [3.05, 3.63) is 54.1 Å². The molecule has 0 radical (unpaired) electrons. The van der Waals surface area contributed by atoms with Crippen LogP contribution in [-0.4, -0.2) is 28.0 Å². The zero-order chi connectivity index (χ0) is 16.2. The van der Waals surface area contributed by atoms with Gasteiger partial charge in [0.1, 0.15) is 5.69 Å². The summed E-state index contributed by atoms with van der Waals surface area (Å²) < 4.78 is 0. The third-order valence-corrected chi connectivity index (χ3v) is 4.07. The van der Waals surface area contributed by atoms with Gasteiger partial charge in [-0.05, 0) is 13.3 Å². The largest absolute Gasteiger partial charge is 0.394 e. The molecule has 0 aliphatic heterocycles. The molecule has 0 fully saturated rings. The van der Waals surface area contributed by atoms with E-state index < -0.39 is 0 Å². The van der Waals surface area contributed by atoms with Crippen LogP contribution in [0.2, 0.25) is 0 Å². The lowest BCUT2D eigenvalue weighted by Gasteiger charge is -2.16. The van der Waals surface area contributed by atoms with E-state index in [2.05, 4.69) is 52.8 Å². The van der Waals surface area contributed by atoms with E-state index in [0.29, 0.717) is 0 Å². The molecule has 2 aromatic carbocycles. The summed E-state index contributed by atoms with van der Waals surface area (Å²) in [4.78, 5) is 0. The molecule has 4 heteroatoms. The van der Waals surface area contributed by atoms with Crippen molar-refractivity contribution in [2.45, 2.75) is 26.3 Å². The van der Waals surface area contributed by atoms with Gasteiger partial charge in [-0.15, -0.1) is 10.2 Å². The zero-order valence-corrected chi connectivity index (χ0v) is 13.5. The fourth-order valence-corrected chi connectivity index (χ4v) is 2.61. The Morgan fingerprint density at radius 3 is 2.35 bits per heavy atom. The van der Waals surface area contributed by atoms with Crippen LogP contribution in [0.3, 0.4) is 0 Å². The van der Waals surface area contributed by atoms with E-state index in [1.54, 1.807) is 0 Å². The molecule has 3 aromatic rings. The van der Waals surface area contributed by atoms with Gasteiger partial charge in [0.2, 0.25) is 0 Å². The van der Waals surface area contributed by atoms with Gasteiger partial charge < -0.3 is 10.4 Å². The molecule has 0 bridgehead atoms. The minimum absolute atomic E-state index is 0.0158. The van der Waals surface area contributed by atoms with E-state index in [1.807, 2.05) is 25.1 Å². The number of rotatable bonds is 5. The molecule has 0 saturated heterocycles. The van der Waals surface area contributed by atoms with Gasteiger partial charge in [-0.2, -0.15) is 0 Å². The highest BCUT2D eigenvalue weighted by molar-refractivity contribution is 6.00. The number of benzene rings is 2. The molecule has 1 heterocycles. The van der Waals surface area contributed by atoms with Crippen LogP contribution < -0.4 is 5.32 Å². The third-order valence-electron chi connectivity index (χ3n) is 4.07. The van der Waals surface area contributed by atoms with Crippen LogP contribution in [0.4, 0.5) is 5.82 Å². The lowest BCUT2D eigenvalue weighted by Crippen LogP contribution is -2.23. The molecule has 118 valence electrons. The van der Waals surface area contributed by atoms with E-state index in [4.69, 9.17) is 0 Å². The second-order valence-electron chi connectivity index (χ2n) is 5.74. The van der Waals surface area contributed by atoms with Gasteiger partial charge in [-0.25, -0.2) is 0 Å². The van der Waals surface area contributed by atoms with Gasteiger partial charge in [0.15, 0.2) is 5.82 Å². The molecule has 2 N–H and O–H groups in total. The van der Waals surface area contributed by atoms with E-state index in [0.717, 1.165) is 34.3 Å². The van der Waals surface area contributed by atoms with Crippen molar-refractivity contribution in [3.63, 3.8) is 0 Å². The maximum Gasteiger partial charge on any atom is 0.156 e. The lowest BCUT2D eigenvalue weighted by molar-refractivity contribution is 0.271. The zero-order valence-electron chi connectivity index (χ0n) is 13.5. The number of nitrogens with zero attached hydrogens (tertiary/aromatic N) is 2. The van der Waals surface area contributed by atoms with Crippen molar-refractivity contribution in [1.29, 1.82) is 0 Å². The summed E-state index contributed by atoms with van der Waals surface area (Å²) in [5.74, 6) is 0.720. The molecule has 0 aliphatic carbocycles. The molecular formula is C19H21N3O. The fourth-order valence-electron chi connectivity index (χ4n) is 2.61. The summed E-state index contributed by atoms with van der Waals surface area (Å²) in [6.45, 7) is 4.18. The van der Waals surface area contributed by atoms with Crippen LogP contribution >= 0.6 is 0 Å². The first-order chi connectivity index (χ1) is 11.2. The van der Waals surface area contributed by atoms with E-state index in [1.165, 1.54) is 5.56 Å². The number of hydrogen-bond acceptors (Lipinski definition) is 4. The molecule has 1 unspecified atom stereocenters. The molecular weight excluding hydrogens is 286 g/mol. The number of nitrogens with one attached hydrogen (secondary N) is 1. The van der Waals surface area contributed by atoms with Crippen molar-refractivity contribution in [2.75, 3.05) is 11.9 Å². The molecule has 23 heavy (non-hydrogen) atoms. The summed E-state index contributed by atoms with van der Waals surface area (Å²) in [7, 11) is 0. The highest BCUT2D eigenvalue weighted by Gasteiger charge is 2.13. The van der Waals surface area contributed by atoms with Crippen molar-refractivity contribution in [1.82, 2.24) is 10.2 Å². The quantitative estimate of drug-likeness (QED) is 0.753. The van der Waals surface area contributed by atoms with Crippen LogP contribution in [0.15, 0.2) is 48.5 Å². The third kappa shape index (κ3) is 3.17. The average molecular weight is 307 g/mol. The van der Waals surface area contributed by atoms with E-state index in [-0.39, 0.29) is 12.6 Å². The number of anilines is 1. The van der Waals surface area contributed by atoms with Gasteiger partial charge in [0.05, 0.1) is 12.6 Å². The number of fused-ring (bicyclic) bond motifs is 1. The summed E-state index contributed by atoms with van der Waals surface area (Å²) >= 11 is 0. The Balaban J connectivity index is 2.10. The van der Waals surface area contributed by atoms with Gasteiger partial charge in [-0.1, -0.05) is 61.0 Å². The molecule has 0 amide bonds. The van der Waals surface area contributed by atoms with Gasteiger partial charge in [-0.3, -0.25) is 0 Å². The molecule has 0 saturated carbocycles. The Labute approximate surface area is 136 Å². The number of aryl methyl sites for hydroxylation is 1. The SMILES string of the molecule is CCC(CO)Nc1nnc(-c2ccc(C)cc2)c2ccccc12. The lowest BCUT2D eigenvalue weighted by atomic mass is 10.0. The van der Waals surface area contributed by atoms with Crippen LogP contribution in [0.25, 0.3) is 22.0 Å². The highest BCUT2D eigenvalue weighted by Crippen LogP contribution is 2.30. The van der Waals surface area contributed by atoms with E-state index in [9.17, 15) is 5.11 Å². The summed E-state index contributed by atoms with van der Waals surface area (Å²) in [6, 6.07) is 16.4. The van der Waals surface area contributed by atoms with Crippen molar-refractivity contribution < 1.29 is 5.11 Å². The Hall–Kier alpha value is -2.46. The Morgan fingerprint density at radius 2 is 1.70 bits per heavy atom. The predicted molar refractivity (Wildman–Crippen MR) is 94.5 cm³/mol. The average Bonchev–Trinajstić information content (AvgIpc) is 2.60. The Bertz CT molecular complexity index is 795. The van der Waals surface area contributed by atoms with Crippen molar-refractivity contribution in [3.8, 4) is 11.3 Å². The standard InChI is InChI=1S/C19H21N3O/c1-3-15(12-23)20-19-17-7-5-4-6-16(17)18(21-22-19)14-10-8-13(2)9-11-14/h4-11,15,23H,3,12H2,1-2H3,(H,20,22). The highest BCUT2D eigenvalue weighted by atomic mass is 16.3. The maximum absolute atomic E-state index is 9.41. The Kier molecular flexibility index (Phi) is 4.53. The van der Waals surface area contributed by atoms with Crippen LogP contribution in [0, 0.1) is 6.92 Å². The predicted octanol–water partition coefficient (Wildman–Crippen LogP) is 3.79. The maximum atomic E-state index is 9.41. The second kappa shape index (κ2) is 6.75. The first-order valence-corrected chi connectivity index (χ1v) is 7.92. The smallest absolute Gasteiger partial charge is 0.156 e. The topological polar surface area (TPSA) is 58.0 Å².